The zero-order valence-corrected chi connectivity index (χ0v) is 11.8. The Hall–Kier alpha value is -1.13. The number of halogens is 1. The van der Waals surface area contributed by atoms with Gasteiger partial charge in [0.15, 0.2) is 11.6 Å². The van der Waals surface area contributed by atoms with Crippen LogP contribution in [0.3, 0.4) is 0 Å². The van der Waals surface area contributed by atoms with Gasteiger partial charge in [0.25, 0.3) is 0 Å². The third-order valence-electron chi connectivity index (χ3n) is 3.02. The van der Waals surface area contributed by atoms with Gasteiger partial charge in [-0.1, -0.05) is 13.0 Å². The molecule has 1 aromatic carbocycles. The molecular formula is C15H24FNO2. The van der Waals surface area contributed by atoms with Gasteiger partial charge in [0.05, 0.1) is 6.61 Å². The molecule has 0 amide bonds. The van der Waals surface area contributed by atoms with Crippen LogP contribution in [0, 0.1) is 5.82 Å². The minimum atomic E-state index is -0.312. The number of methoxy groups -OCH3 is 1. The van der Waals surface area contributed by atoms with Crippen LogP contribution < -0.4 is 10.5 Å². The van der Waals surface area contributed by atoms with Gasteiger partial charge >= 0.3 is 0 Å². The van der Waals surface area contributed by atoms with E-state index in [-0.39, 0.29) is 11.9 Å². The summed E-state index contributed by atoms with van der Waals surface area (Å²) in [7, 11) is 1.67. The molecular weight excluding hydrogens is 245 g/mol. The maximum atomic E-state index is 13.8. The smallest absolute Gasteiger partial charge is 0.165 e. The highest BCUT2D eigenvalue weighted by Gasteiger charge is 2.07. The summed E-state index contributed by atoms with van der Waals surface area (Å²) in [6.07, 6.45) is 3.36. The molecule has 0 aliphatic heterocycles. The quantitative estimate of drug-likeness (QED) is 0.701. The fourth-order valence-electron chi connectivity index (χ4n) is 1.77. The first-order chi connectivity index (χ1) is 9.17. The molecule has 3 nitrogen and oxygen atoms in total. The van der Waals surface area contributed by atoms with E-state index in [0.717, 1.165) is 24.8 Å². The number of unbranched alkanes of at least 4 members (excludes halogenated alkanes) is 1. The first-order valence-corrected chi connectivity index (χ1v) is 6.83. The van der Waals surface area contributed by atoms with E-state index >= 15 is 0 Å². The van der Waals surface area contributed by atoms with Crippen LogP contribution in [0.4, 0.5) is 4.39 Å². The van der Waals surface area contributed by atoms with E-state index in [0.29, 0.717) is 25.4 Å². The molecule has 0 saturated heterocycles. The molecule has 0 radical (unpaired) electrons. The van der Waals surface area contributed by atoms with Crippen LogP contribution in [-0.2, 0) is 11.2 Å². The Morgan fingerprint density at radius 1 is 1.26 bits per heavy atom. The number of hydrogen-bond donors (Lipinski definition) is 1. The molecule has 0 heterocycles. The normalized spacial score (nSPS) is 12.4. The van der Waals surface area contributed by atoms with Gasteiger partial charge in [0, 0.05) is 19.8 Å². The van der Waals surface area contributed by atoms with Crippen LogP contribution in [0.5, 0.6) is 5.75 Å². The topological polar surface area (TPSA) is 44.5 Å². The molecule has 0 fully saturated rings. The first-order valence-electron chi connectivity index (χ1n) is 6.83. The van der Waals surface area contributed by atoms with Crippen LogP contribution in [0.15, 0.2) is 18.2 Å². The van der Waals surface area contributed by atoms with Crippen LogP contribution in [0.2, 0.25) is 0 Å². The summed E-state index contributed by atoms with van der Waals surface area (Å²) < 4.78 is 24.1. The number of benzene rings is 1. The second-order valence-electron chi connectivity index (χ2n) is 4.69. The lowest BCUT2D eigenvalue weighted by Crippen LogP contribution is -2.21. The Labute approximate surface area is 114 Å². The van der Waals surface area contributed by atoms with E-state index in [1.54, 1.807) is 13.2 Å². The molecule has 0 saturated carbocycles. The predicted octanol–water partition coefficient (Wildman–Crippen LogP) is 2.91. The molecule has 0 spiro atoms. The van der Waals surface area contributed by atoms with E-state index in [1.165, 1.54) is 6.07 Å². The molecule has 2 N–H and O–H groups in total. The van der Waals surface area contributed by atoms with Crippen LogP contribution >= 0.6 is 0 Å². The van der Waals surface area contributed by atoms with Gasteiger partial charge in [-0.15, -0.1) is 0 Å². The SMILES string of the molecule is CCC(N)Cc1ccc(OCCCCOC)c(F)c1. The molecule has 0 aromatic heterocycles. The van der Waals surface area contributed by atoms with Gasteiger partial charge in [-0.05, 0) is 43.4 Å². The monoisotopic (exact) mass is 269 g/mol. The Morgan fingerprint density at radius 2 is 2.00 bits per heavy atom. The van der Waals surface area contributed by atoms with Crippen molar-refractivity contribution >= 4 is 0 Å². The standard InChI is InChI=1S/C15H24FNO2/c1-3-13(17)10-12-6-7-15(14(16)11-12)19-9-5-4-8-18-2/h6-7,11,13H,3-5,8-10,17H2,1-2H3. The summed E-state index contributed by atoms with van der Waals surface area (Å²) in [5.74, 6) is -0.00113. The Kier molecular flexibility index (Phi) is 7.45. The number of nitrogens with two attached hydrogens (primary N) is 1. The highest BCUT2D eigenvalue weighted by molar-refractivity contribution is 5.29. The maximum absolute atomic E-state index is 13.8. The van der Waals surface area contributed by atoms with Gasteiger partial charge in [0.2, 0.25) is 0 Å². The highest BCUT2D eigenvalue weighted by atomic mass is 19.1. The molecule has 0 aliphatic rings. The Bertz CT molecular complexity index is 371. The Balaban J connectivity index is 2.43. The molecule has 1 unspecified atom stereocenters. The average Bonchev–Trinajstić information content (AvgIpc) is 2.40. The van der Waals surface area contributed by atoms with Crippen LogP contribution in [0.1, 0.15) is 31.7 Å². The van der Waals surface area contributed by atoms with Gasteiger partial charge in [0.1, 0.15) is 0 Å². The molecule has 1 rings (SSSR count). The van der Waals surface area contributed by atoms with Crippen molar-refractivity contribution < 1.29 is 13.9 Å². The minimum absolute atomic E-state index is 0.0835. The van der Waals surface area contributed by atoms with Gasteiger partial charge in [-0.2, -0.15) is 0 Å². The lowest BCUT2D eigenvalue weighted by molar-refractivity contribution is 0.183. The predicted molar refractivity (Wildman–Crippen MR) is 75.0 cm³/mol. The zero-order valence-electron chi connectivity index (χ0n) is 11.8. The van der Waals surface area contributed by atoms with Crippen molar-refractivity contribution in [1.29, 1.82) is 0 Å². The fourth-order valence-corrected chi connectivity index (χ4v) is 1.77. The number of rotatable bonds is 9. The van der Waals surface area contributed by atoms with Gasteiger partial charge in [-0.25, -0.2) is 4.39 Å². The average molecular weight is 269 g/mol. The molecule has 108 valence electrons. The van der Waals surface area contributed by atoms with E-state index in [1.807, 2.05) is 13.0 Å². The van der Waals surface area contributed by atoms with Crippen molar-refractivity contribution in [1.82, 2.24) is 0 Å². The van der Waals surface area contributed by atoms with E-state index < -0.39 is 0 Å². The largest absolute Gasteiger partial charge is 0.491 e. The molecule has 4 heteroatoms. The van der Waals surface area contributed by atoms with Crippen molar-refractivity contribution in [3.8, 4) is 5.75 Å². The van der Waals surface area contributed by atoms with Crippen LogP contribution in [0.25, 0.3) is 0 Å². The first kappa shape index (κ1) is 15.9. The van der Waals surface area contributed by atoms with Crippen molar-refractivity contribution in [3.63, 3.8) is 0 Å². The van der Waals surface area contributed by atoms with Crippen molar-refractivity contribution in [3.05, 3.63) is 29.6 Å². The van der Waals surface area contributed by atoms with Gasteiger partial charge in [-0.3, -0.25) is 0 Å². The number of hydrogen-bond acceptors (Lipinski definition) is 3. The minimum Gasteiger partial charge on any atom is -0.491 e. The summed E-state index contributed by atoms with van der Waals surface area (Å²) in [5, 5.41) is 0. The second kappa shape index (κ2) is 8.88. The summed E-state index contributed by atoms with van der Waals surface area (Å²) in [5.41, 5.74) is 6.77. The highest BCUT2D eigenvalue weighted by Crippen LogP contribution is 2.19. The third-order valence-corrected chi connectivity index (χ3v) is 3.02. The van der Waals surface area contributed by atoms with Gasteiger partial charge < -0.3 is 15.2 Å². The molecule has 0 bridgehead atoms. The van der Waals surface area contributed by atoms with E-state index in [2.05, 4.69) is 0 Å². The fraction of sp³-hybridized carbons (Fsp3) is 0.600. The van der Waals surface area contributed by atoms with E-state index in [4.69, 9.17) is 15.2 Å². The van der Waals surface area contributed by atoms with E-state index in [9.17, 15) is 4.39 Å². The van der Waals surface area contributed by atoms with Crippen molar-refractivity contribution in [2.24, 2.45) is 5.73 Å². The molecule has 1 aromatic rings. The molecule has 0 aliphatic carbocycles. The zero-order chi connectivity index (χ0) is 14.1. The summed E-state index contributed by atoms with van der Waals surface area (Å²) in [6.45, 7) is 3.24. The summed E-state index contributed by atoms with van der Waals surface area (Å²) >= 11 is 0. The molecule has 19 heavy (non-hydrogen) atoms. The summed E-state index contributed by atoms with van der Waals surface area (Å²) in [6, 6.07) is 5.16. The van der Waals surface area contributed by atoms with Crippen LogP contribution in [-0.4, -0.2) is 26.4 Å². The maximum Gasteiger partial charge on any atom is 0.165 e. The Morgan fingerprint density at radius 3 is 2.63 bits per heavy atom. The number of ether oxygens (including phenoxy) is 2. The molecule has 1 atom stereocenters. The van der Waals surface area contributed by atoms with Crippen molar-refractivity contribution in [2.45, 2.75) is 38.6 Å². The summed E-state index contributed by atoms with van der Waals surface area (Å²) in [4.78, 5) is 0. The lowest BCUT2D eigenvalue weighted by Gasteiger charge is -2.11. The second-order valence-corrected chi connectivity index (χ2v) is 4.69. The third kappa shape index (κ3) is 6.03. The lowest BCUT2D eigenvalue weighted by atomic mass is 10.0. The van der Waals surface area contributed by atoms with Crippen molar-refractivity contribution in [2.75, 3.05) is 20.3 Å².